The van der Waals surface area contributed by atoms with E-state index in [-0.39, 0.29) is 18.4 Å². The summed E-state index contributed by atoms with van der Waals surface area (Å²) in [5, 5.41) is 26.7. The normalized spacial score (nSPS) is 13.4. The van der Waals surface area contributed by atoms with Gasteiger partial charge in [-0.05, 0) is 35.2 Å². The number of hydrogen-bond acceptors (Lipinski definition) is 7. The fourth-order valence-electron chi connectivity index (χ4n) is 3.87. The van der Waals surface area contributed by atoms with Gasteiger partial charge in [-0.3, -0.25) is 0 Å². The summed E-state index contributed by atoms with van der Waals surface area (Å²) >= 11 is 1.53. The van der Waals surface area contributed by atoms with Crippen molar-refractivity contribution in [3.63, 3.8) is 0 Å². The van der Waals surface area contributed by atoms with Crippen molar-refractivity contribution in [1.29, 1.82) is 0 Å². The third-order valence-corrected chi connectivity index (χ3v) is 6.70. The molecule has 8 nitrogen and oxygen atoms in total. The number of carbonyl (C=O) groups excluding carboxylic acids is 1. The van der Waals surface area contributed by atoms with Crippen LogP contribution in [0.2, 0.25) is 0 Å². The highest BCUT2D eigenvalue weighted by Crippen LogP contribution is 2.25. The average molecular weight is 500 g/mol. The van der Waals surface area contributed by atoms with Crippen molar-refractivity contribution in [2.24, 2.45) is 5.10 Å². The Labute approximate surface area is 213 Å². The zero-order chi connectivity index (χ0) is 24.7. The van der Waals surface area contributed by atoms with Gasteiger partial charge < -0.3 is 15.2 Å². The van der Waals surface area contributed by atoms with Gasteiger partial charge in [0.05, 0.1) is 11.8 Å². The van der Waals surface area contributed by atoms with Crippen LogP contribution < -0.4 is 5.32 Å². The second-order valence-corrected chi connectivity index (χ2v) is 9.32. The molecule has 1 atom stereocenters. The SMILES string of the molecule is O=C(N[C@@H](Cc1ccccc1)C1=Nn2c(Cc3ccc(O)cc3)nnc2SC1)OCc1ccccc1. The molecule has 36 heavy (non-hydrogen) atoms. The fourth-order valence-corrected chi connectivity index (χ4v) is 4.77. The van der Waals surface area contributed by atoms with E-state index in [1.807, 2.05) is 72.8 Å². The molecule has 0 bridgehead atoms. The van der Waals surface area contributed by atoms with E-state index in [0.717, 1.165) is 22.4 Å². The van der Waals surface area contributed by atoms with Crippen LogP contribution in [0, 0.1) is 0 Å². The molecule has 1 aliphatic rings. The molecule has 0 saturated heterocycles. The van der Waals surface area contributed by atoms with Crippen LogP contribution >= 0.6 is 11.8 Å². The summed E-state index contributed by atoms with van der Waals surface area (Å²) in [6.45, 7) is 0.193. The predicted molar refractivity (Wildman–Crippen MR) is 138 cm³/mol. The highest BCUT2D eigenvalue weighted by molar-refractivity contribution is 7.99. The predicted octanol–water partition coefficient (Wildman–Crippen LogP) is 4.42. The number of hydrogen-bond donors (Lipinski definition) is 2. The van der Waals surface area contributed by atoms with Gasteiger partial charge in [-0.1, -0.05) is 84.6 Å². The smallest absolute Gasteiger partial charge is 0.408 e. The number of aromatic hydroxyl groups is 1. The highest BCUT2D eigenvalue weighted by atomic mass is 32.2. The number of ether oxygens (including phenoxy) is 1. The maximum Gasteiger partial charge on any atom is 0.408 e. The van der Waals surface area contributed by atoms with Gasteiger partial charge in [0, 0.05) is 12.2 Å². The maximum atomic E-state index is 12.7. The summed E-state index contributed by atoms with van der Waals surface area (Å²) in [5.74, 6) is 1.48. The van der Waals surface area contributed by atoms with E-state index < -0.39 is 6.09 Å². The lowest BCUT2D eigenvalue weighted by atomic mass is 10.0. The number of amides is 1. The molecule has 0 radical (unpaired) electrons. The second kappa shape index (κ2) is 11.1. The Morgan fingerprint density at radius 1 is 0.944 bits per heavy atom. The summed E-state index contributed by atoms with van der Waals surface area (Å²) in [6, 6.07) is 26.2. The van der Waals surface area contributed by atoms with Crippen molar-refractivity contribution in [3.05, 3.63) is 107 Å². The number of aromatic nitrogens is 3. The van der Waals surface area contributed by atoms with E-state index in [0.29, 0.717) is 29.6 Å². The lowest BCUT2D eigenvalue weighted by Gasteiger charge is -2.23. The van der Waals surface area contributed by atoms with E-state index in [1.54, 1.807) is 16.8 Å². The molecule has 0 spiro atoms. The number of rotatable bonds is 8. The Morgan fingerprint density at radius 3 is 2.36 bits per heavy atom. The Hall–Kier alpha value is -4.11. The number of nitrogens with zero attached hydrogens (tertiary/aromatic N) is 4. The number of phenols is 1. The molecule has 0 saturated carbocycles. The first-order valence-electron chi connectivity index (χ1n) is 11.6. The van der Waals surface area contributed by atoms with Crippen LogP contribution in [0.5, 0.6) is 5.75 Å². The van der Waals surface area contributed by atoms with Crippen LogP contribution in [-0.2, 0) is 24.2 Å². The molecule has 2 N–H and O–H groups in total. The first-order valence-corrected chi connectivity index (χ1v) is 12.6. The Morgan fingerprint density at radius 2 is 1.64 bits per heavy atom. The maximum absolute atomic E-state index is 12.7. The molecule has 1 amide bonds. The Kier molecular flexibility index (Phi) is 7.28. The lowest BCUT2D eigenvalue weighted by Crippen LogP contribution is -2.44. The molecule has 4 aromatic rings. The minimum Gasteiger partial charge on any atom is -0.508 e. The summed E-state index contributed by atoms with van der Waals surface area (Å²) in [6.07, 6.45) is 0.595. The van der Waals surface area contributed by atoms with Gasteiger partial charge in [-0.25, -0.2) is 4.79 Å². The third kappa shape index (κ3) is 5.92. The average Bonchev–Trinajstić information content (AvgIpc) is 3.31. The van der Waals surface area contributed by atoms with Crippen molar-refractivity contribution in [2.75, 3.05) is 5.75 Å². The topological polar surface area (TPSA) is 102 Å². The first kappa shape index (κ1) is 23.6. The number of phenolic OH excluding ortho intramolecular Hbond substituents is 1. The highest BCUT2D eigenvalue weighted by Gasteiger charge is 2.26. The van der Waals surface area contributed by atoms with Crippen molar-refractivity contribution >= 4 is 23.6 Å². The van der Waals surface area contributed by atoms with Gasteiger partial charge in [0.1, 0.15) is 12.4 Å². The molecule has 5 rings (SSSR count). The molecular formula is C27H25N5O3S. The summed E-state index contributed by atoms with van der Waals surface area (Å²) in [7, 11) is 0. The molecule has 2 heterocycles. The van der Waals surface area contributed by atoms with Gasteiger partial charge in [0.25, 0.3) is 0 Å². The monoisotopic (exact) mass is 499 g/mol. The van der Waals surface area contributed by atoms with Crippen LogP contribution in [0.4, 0.5) is 4.79 Å². The number of alkyl carbamates (subject to hydrolysis) is 1. The number of thioether (sulfide) groups is 1. The van der Waals surface area contributed by atoms with E-state index in [9.17, 15) is 9.90 Å². The summed E-state index contributed by atoms with van der Waals surface area (Å²) in [4.78, 5) is 12.7. The van der Waals surface area contributed by atoms with E-state index in [1.165, 1.54) is 11.8 Å². The van der Waals surface area contributed by atoms with Crippen molar-refractivity contribution in [2.45, 2.75) is 30.6 Å². The third-order valence-electron chi connectivity index (χ3n) is 5.74. The number of nitrogens with one attached hydrogen (secondary N) is 1. The van der Waals surface area contributed by atoms with Gasteiger partial charge in [0.15, 0.2) is 5.82 Å². The number of benzene rings is 3. The molecule has 0 fully saturated rings. The minimum atomic E-state index is -0.494. The molecule has 182 valence electrons. The van der Waals surface area contributed by atoms with E-state index >= 15 is 0 Å². The molecule has 0 aliphatic carbocycles. The second-order valence-electron chi connectivity index (χ2n) is 8.38. The zero-order valence-electron chi connectivity index (χ0n) is 19.4. The van der Waals surface area contributed by atoms with Crippen molar-refractivity contribution in [3.8, 4) is 5.75 Å². The quantitative estimate of drug-likeness (QED) is 0.372. The molecule has 1 aliphatic heterocycles. The largest absolute Gasteiger partial charge is 0.508 e. The van der Waals surface area contributed by atoms with Gasteiger partial charge in [-0.2, -0.15) is 9.78 Å². The molecule has 1 aromatic heterocycles. The number of carbonyl (C=O) groups is 1. The van der Waals surface area contributed by atoms with Gasteiger partial charge >= 0.3 is 6.09 Å². The van der Waals surface area contributed by atoms with E-state index in [2.05, 4.69) is 15.5 Å². The van der Waals surface area contributed by atoms with Crippen LogP contribution in [0.15, 0.2) is 95.2 Å². The van der Waals surface area contributed by atoms with Crippen molar-refractivity contribution in [1.82, 2.24) is 20.2 Å². The zero-order valence-corrected chi connectivity index (χ0v) is 20.3. The summed E-state index contributed by atoms with van der Waals surface area (Å²) < 4.78 is 7.23. The first-order chi connectivity index (χ1) is 17.6. The summed E-state index contributed by atoms with van der Waals surface area (Å²) in [5.41, 5.74) is 3.79. The van der Waals surface area contributed by atoms with Crippen LogP contribution in [-0.4, -0.2) is 43.6 Å². The van der Waals surface area contributed by atoms with Crippen LogP contribution in [0.3, 0.4) is 0 Å². The van der Waals surface area contributed by atoms with Gasteiger partial charge in [-0.15, -0.1) is 10.2 Å². The molecular weight excluding hydrogens is 474 g/mol. The van der Waals surface area contributed by atoms with Crippen LogP contribution in [0.25, 0.3) is 0 Å². The standard InChI is InChI=1S/C27H25N5O3S/c33-22-13-11-20(12-14-22)16-25-29-30-26-32(25)31-24(18-36-26)23(15-19-7-3-1-4-8-19)28-27(34)35-17-21-9-5-2-6-10-21/h1-14,23,33H,15-18H2,(H,28,34)/t23-/m0/s1. The fraction of sp³-hybridized carbons (Fsp3) is 0.185. The molecule has 3 aromatic carbocycles. The van der Waals surface area contributed by atoms with Crippen LogP contribution in [0.1, 0.15) is 22.5 Å². The molecule has 0 unspecified atom stereocenters. The lowest BCUT2D eigenvalue weighted by molar-refractivity contribution is 0.138. The number of fused-ring (bicyclic) bond motifs is 1. The van der Waals surface area contributed by atoms with Crippen molar-refractivity contribution < 1.29 is 14.6 Å². The van der Waals surface area contributed by atoms with Gasteiger partial charge in [0.2, 0.25) is 5.16 Å². The Balaban J connectivity index is 1.36. The molecule has 9 heteroatoms. The van der Waals surface area contributed by atoms with E-state index in [4.69, 9.17) is 9.84 Å². The minimum absolute atomic E-state index is 0.193. The Bertz CT molecular complexity index is 1340.